The summed E-state index contributed by atoms with van der Waals surface area (Å²) in [6.07, 6.45) is 0.231. The number of carbonyl (C=O) groups is 1. The fourth-order valence-corrected chi connectivity index (χ4v) is 2.98. The van der Waals surface area contributed by atoms with Gasteiger partial charge in [-0.25, -0.2) is 4.79 Å². The Bertz CT molecular complexity index is 690. The lowest BCUT2D eigenvalue weighted by Crippen LogP contribution is -2.34. The molecule has 3 rings (SSSR count). The Morgan fingerprint density at radius 1 is 1.21 bits per heavy atom. The molecule has 1 fully saturated rings. The standard InChI is InChI=1S/C19H23N3O2/c1-21(13-15-7-3-2-4-8-15)18-10-6-5-9-17(18)20-19(24)22-12-11-16(23)14-22/h2-10,16,23H,11-14H2,1H3,(H,20,24)/t16-/m1/s1. The zero-order valence-electron chi connectivity index (χ0n) is 13.9. The van der Waals surface area contributed by atoms with Gasteiger partial charge in [0.2, 0.25) is 0 Å². The van der Waals surface area contributed by atoms with Crippen molar-refractivity contribution >= 4 is 17.4 Å². The van der Waals surface area contributed by atoms with Crippen molar-refractivity contribution in [1.82, 2.24) is 4.90 Å². The normalized spacial score (nSPS) is 16.9. The molecule has 2 aromatic carbocycles. The van der Waals surface area contributed by atoms with Crippen LogP contribution in [-0.2, 0) is 6.54 Å². The smallest absolute Gasteiger partial charge is 0.321 e. The van der Waals surface area contributed by atoms with Crippen molar-refractivity contribution in [2.24, 2.45) is 0 Å². The molecule has 2 N–H and O–H groups in total. The summed E-state index contributed by atoms with van der Waals surface area (Å²) in [5.74, 6) is 0. The first-order chi connectivity index (χ1) is 11.6. The van der Waals surface area contributed by atoms with Crippen LogP contribution in [-0.4, -0.2) is 42.3 Å². The average Bonchev–Trinajstić information content (AvgIpc) is 3.03. The van der Waals surface area contributed by atoms with E-state index in [1.807, 2.05) is 49.5 Å². The number of amides is 2. The number of nitrogens with one attached hydrogen (secondary N) is 1. The van der Waals surface area contributed by atoms with E-state index >= 15 is 0 Å². The van der Waals surface area contributed by atoms with Gasteiger partial charge in [-0.15, -0.1) is 0 Å². The van der Waals surface area contributed by atoms with Gasteiger partial charge in [0.1, 0.15) is 0 Å². The molecule has 5 heteroatoms. The lowest BCUT2D eigenvalue weighted by Gasteiger charge is -2.24. The van der Waals surface area contributed by atoms with Gasteiger partial charge in [0.25, 0.3) is 0 Å². The molecule has 0 bridgehead atoms. The number of urea groups is 1. The number of anilines is 2. The van der Waals surface area contributed by atoms with E-state index in [0.717, 1.165) is 17.9 Å². The highest BCUT2D eigenvalue weighted by molar-refractivity contribution is 5.93. The molecule has 1 atom stereocenters. The number of hydrogen-bond acceptors (Lipinski definition) is 3. The van der Waals surface area contributed by atoms with E-state index in [4.69, 9.17) is 0 Å². The van der Waals surface area contributed by atoms with Crippen molar-refractivity contribution in [2.75, 3.05) is 30.4 Å². The summed E-state index contributed by atoms with van der Waals surface area (Å²) in [4.78, 5) is 16.1. The largest absolute Gasteiger partial charge is 0.391 e. The van der Waals surface area contributed by atoms with Gasteiger partial charge in [-0.3, -0.25) is 0 Å². The lowest BCUT2D eigenvalue weighted by atomic mass is 10.2. The van der Waals surface area contributed by atoms with Crippen LogP contribution in [0, 0.1) is 0 Å². The number of likely N-dealkylation sites (tertiary alicyclic amines) is 1. The fourth-order valence-electron chi connectivity index (χ4n) is 2.98. The second-order valence-electron chi connectivity index (χ2n) is 6.18. The van der Waals surface area contributed by atoms with Crippen molar-refractivity contribution in [1.29, 1.82) is 0 Å². The van der Waals surface area contributed by atoms with Crippen LogP contribution in [0.3, 0.4) is 0 Å². The van der Waals surface area contributed by atoms with Crippen LogP contribution < -0.4 is 10.2 Å². The second kappa shape index (κ2) is 7.36. The maximum absolute atomic E-state index is 12.4. The van der Waals surface area contributed by atoms with Gasteiger partial charge < -0.3 is 20.2 Å². The van der Waals surface area contributed by atoms with Crippen LogP contribution in [0.15, 0.2) is 54.6 Å². The third-order valence-corrected chi connectivity index (χ3v) is 4.27. The third-order valence-electron chi connectivity index (χ3n) is 4.27. The topological polar surface area (TPSA) is 55.8 Å². The van der Waals surface area contributed by atoms with Gasteiger partial charge in [-0.2, -0.15) is 0 Å². The van der Waals surface area contributed by atoms with Gasteiger partial charge in [0.15, 0.2) is 0 Å². The lowest BCUT2D eigenvalue weighted by molar-refractivity contribution is 0.176. The summed E-state index contributed by atoms with van der Waals surface area (Å²) in [6.45, 7) is 1.75. The van der Waals surface area contributed by atoms with Crippen LogP contribution in [0.25, 0.3) is 0 Å². The van der Waals surface area contributed by atoms with E-state index in [9.17, 15) is 9.90 Å². The second-order valence-corrected chi connectivity index (χ2v) is 6.18. The van der Waals surface area contributed by atoms with Gasteiger partial charge >= 0.3 is 6.03 Å². The van der Waals surface area contributed by atoms with E-state index in [0.29, 0.717) is 19.5 Å². The Morgan fingerprint density at radius 3 is 2.62 bits per heavy atom. The maximum Gasteiger partial charge on any atom is 0.321 e. The van der Waals surface area contributed by atoms with Crippen molar-refractivity contribution in [3.8, 4) is 0 Å². The maximum atomic E-state index is 12.4. The summed E-state index contributed by atoms with van der Waals surface area (Å²) >= 11 is 0. The minimum atomic E-state index is -0.410. The molecule has 1 aliphatic rings. The highest BCUT2D eigenvalue weighted by Crippen LogP contribution is 2.26. The summed E-state index contributed by atoms with van der Waals surface area (Å²) in [5, 5.41) is 12.6. The van der Waals surface area contributed by atoms with Crippen molar-refractivity contribution < 1.29 is 9.90 Å². The van der Waals surface area contributed by atoms with Crippen molar-refractivity contribution in [3.05, 3.63) is 60.2 Å². The van der Waals surface area contributed by atoms with Crippen LogP contribution in [0.4, 0.5) is 16.2 Å². The van der Waals surface area contributed by atoms with Gasteiger partial charge in [0, 0.05) is 26.7 Å². The molecule has 0 radical (unpaired) electrons. The summed E-state index contributed by atoms with van der Waals surface area (Å²) in [7, 11) is 2.01. The molecule has 0 aliphatic carbocycles. The molecular formula is C19H23N3O2. The summed E-state index contributed by atoms with van der Waals surface area (Å²) < 4.78 is 0. The third kappa shape index (κ3) is 3.86. The molecule has 0 saturated carbocycles. The van der Waals surface area contributed by atoms with Crippen LogP contribution in [0.5, 0.6) is 0 Å². The molecule has 0 unspecified atom stereocenters. The molecule has 1 aliphatic heterocycles. The number of hydrogen-bond donors (Lipinski definition) is 2. The number of para-hydroxylation sites is 2. The highest BCUT2D eigenvalue weighted by atomic mass is 16.3. The Hall–Kier alpha value is -2.53. The number of β-amino-alcohol motifs (C(OH)–C–C–N with tert-alkyl or cyclic N) is 1. The Balaban J connectivity index is 1.71. The van der Waals surface area contributed by atoms with E-state index in [-0.39, 0.29) is 6.03 Å². The van der Waals surface area contributed by atoms with Crippen LogP contribution >= 0.6 is 0 Å². The van der Waals surface area contributed by atoms with E-state index in [2.05, 4.69) is 22.3 Å². The SMILES string of the molecule is CN(Cc1ccccc1)c1ccccc1NC(=O)N1CC[C@@H](O)C1. The Kier molecular flexibility index (Phi) is 5.01. The van der Waals surface area contributed by atoms with Crippen LogP contribution in [0.1, 0.15) is 12.0 Å². The monoisotopic (exact) mass is 325 g/mol. The molecule has 1 heterocycles. The molecule has 2 aromatic rings. The van der Waals surface area contributed by atoms with Crippen molar-refractivity contribution in [2.45, 2.75) is 19.1 Å². The Labute approximate surface area is 142 Å². The average molecular weight is 325 g/mol. The van der Waals surface area contributed by atoms with E-state index in [1.54, 1.807) is 4.90 Å². The van der Waals surface area contributed by atoms with Gasteiger partial charge in [-0.1, -0.05) is 42.5 Å². The first-order valence-corrected chi connectivity index (χ1v) is 8.21. The van der Waals surface area contributed by atoms with Gasteiger partial charge in [-0.05, 0) is 24.1 Å². The molecule has 1 saturated heterocycles. The quantitative estimate of drug-likeness (QED) is 0.909. The minimum Gasteiger partial charge on any atom is -0.391 e. The predicted molar refractivity (Wildman–Crippen MR) is 96.2 cm³/mol. The number of aliphatic hydroxyl groups is 1. The van der Waals surface area contributed by atoms with E-state index in [1.165, 1.54) is 5.56 Å². The first kappa shape index (κ1) is 16.3. The molecular weight excluding hydrogens is 302 g/mol. The fraction of sp³-hybridized carbons (Fsp3) is 0.316. The molecule has 0 aromatic heterocycles. The summed E-state index contributed by atoms with van der Waals surface area (Å²) in [6, 6.07) is 17.8. The molecule has 2 amide bonds. The number of benzene rings is 2. The molecule has 5 nitrogen and oxygen atoms in total. The number of nitrogens with zero attached hydrogens (tertiary/aromatic N) is 2. The molecule has 24 heavy (non-hydrogen) atoms. The minimum absolute atomic E-state index is 0.160. The molecule has 0 spiro atoms. The summed E-state index contributed by atoms with van der Waals surface area (Å²) in [5.41, 5.74) is 2.96. The zero-order valence-corrected chi connectivity index (χ0v) is 13.9. The van der Waals surface area contributed by atoms with E-state index < -0.39 is 6.10 Å². The van der Waals surface area contributed by atoms with Crippen molar-refractivity contribution in [3.63, 3.8) is 0 Å². The Morgan fingerprint density at radius 2 is 1.92 bits per heavy atom. The number of carbonyl (C=O) groups excluding carboxylic acids is 1. The van der Waals surface area contributed by atoms with Gasteiger partial charge in [0.05, 0.1) is 17.5 Å². The zero-order chi connectivity index (χ0) is 16.9. The highest BCUT2D eigenvalue weighted by Gasteiger charge is 2.25. The first-order valence-electron chi connectivity index (χ1n) is 8.21. The van der Waals surface area contributed by atoms with Crippen LogP contribution in [0.2, 0.25) is 0 Å². The number of aliphatic hydroxyl groups excluding tert-OH is 1. The predicted octanol–water partition coefficient (Wildman–Crippen LogP) is 2.92. The number of rotatable bonds is 4. The molecule has 126 valence electrons.